The summed E-state index contributed by atoms with van der Waals surface area (Å²) in [6.07, 6.45) is 4.37. The Morgan fingerprint density at radius 1 is 1.29 bits per heavy atom. The van der Waals surface area contributed by atoms with E-state index < -0.39 is 0 Å². The molecule has 0 atom stereocenters. The monoisotopic (exact) mass is 234 g/mol. The lowest BCUT2D eigenvalue weighted by Gasteiger charge is -2.04. The first-order valence-electron chi connectivity index (χ1n) is 6.43. The Morgan fingerprint density at radius 3 is 2.82 bits per heavy atom. The Hall–Kier alpha value is -1.31. The normalized spacial score (nSPS) is 10.2. The average molecular weight is 234 g/mol. The number of rotatable bonds is 7. The van der Waals surface area contributed by atoms with Crippen LogP contribution in [0.15, 0.2) is 24.3 Å². The lowest BCUT2D eigenvalue weighted by atomic mass is 10.1. The van der Waals surface area contributed by atoms with Crippen molar-refractivity contribution in [1.82, 2.24) is 0 Å². The molecule has 0 fully saturated rings. The van der Waals surface area contributed by atoms with Crippen LogP contribution in [0.4, 0.5) is 0 Å². The van der Waals surface area contributed by atoms with Crippen molar-refractivity contribution in [3.8, 4) is 0 Å². The third-order valence-corrected chi connectivity index (χ3v) is 2.69. The molecular formula is C15H22O2. The molecule has 0 radical (unpaired) electrons. The van der Waals surface area contributed by atoms with E-state index in [0.717, 1.165) is 25.7 Å². The summed E-state index contributed by atoms with van der Waals surface area (Å²) >= 11 is 0. The van der Waals surface area contributed by atoms with E-state index in [9.17, 15) is 4.79 Å². The number of unbranched alkanes of at least 4 members (excludes halogenated alkanes) is 1. The van der Waals surface area contributed by atoms with Gasteiger partial charge < -0.3 is 4.74 Å². The molecular weight excluding hydrogens is 212 g/mol. The van der Waals surface area contributed by atoms with Crippen molar-refractivity contribution < 1.29 is 9.53 Å². The Labute approximate surface area is 104 Å². The summed E-state index contributed by atoms with van der Waals surface area (Å²) < 4.78 is 5.11. The second-order valence-electron chi connectivity index (χ2n) is 4.42. The maximum atomic E-state index is 11.4. The van der Waals surface area contributed by atoms with Gasteiger partial charge in [0, 0.05) is 6.42 Å². The van der Waals surface area contributed by atoms with Crippen molar-refractivity contribution in [1.29, 1.82) is 0 Å². The first kappa shape index (κ1) is 13.8. The van der Waals surface area contributed by atoms with Crippen LogP contribution in [0.25, 0.3) is 0 Å². The summed E-state index contributed by atoms with van der Waals surface area (Å²) in [5.41, 5.74) is 2.57. The van der Waals surface area contributed by atoms with Gasteiger partial charge in [0.2, 0.25) is 0 Å². The maximum Gasteiger partial charge on any atom is 0.305 e. The Kier molecular flexibility index (Phi) is 6.38. The molecule has 2 heteroatoms. The number of hydrogen-bond donors (Lipinski definition) is 0. The maximum absolute atomic E-state index is 11.4. The van der Waals surface area contributed by atoms with Gasteiger partial charge in [0.25, 0.3) is 0 Å². The number of benzene rings is 1. The minimum atomic E-state index is -0.0638. The number of ether oxygens (including phenoxy) is 1. The summed E-state index contributed by atoms with van der Waals surface area (Å²) in [4.78, 5) is 11.4. The summed E-state index contributed by atoms with van der Waals surface area (Å²) in [6.45, 7) is 4.74. The molecule has 1 aromatic rings. The molecule has 1 aromatic carbocycles. The molecule has 0 saturated carbocycles. The van der Waals surface area contributed by atoms with Crippen molar-refractivity contribution in [2.24, 2.45) is 0 Å². The summed E-state index contributed by atoms with van der Waals surface area (Å²) in [6, 6.07) is 8.42. The topological polar surface area (TPSA) is 26.3 Å². The third kappa shape index (κ3) is 6.10. The summed E-state index contributed by atoms with van der Waals surface area (Å²) in [5.74, 6) is -0.0638. The highest BCUT2D eigenvalue weighted by Crippen LogP contribution is 2.08. The quantitative estimate of drug-likeness (QED) is 0.531. The molecule has 0 amide bonds. The van der Waals surface area contributed by atoms with Crippen LogP contribution in [-0.2, 0) is 16.0 Å². The van der Waals surface area contributed by atoms with E-state index in [2.05, 4.69) is 38.1 Å². The predicted octanol–water partition coefficient (Wildman–Crippen LogP) is 3.66. The van der Waals surface area contributed by atoms with Crippen LogP contribution in [0, 0.1) is 6.92 Å². The van der Waals surface area contributed by atoms with Crippen molar-refractivity contribution in [3.05, 3.63) is 35.4 Å². The predicted molar refractivity (Wildman–Crippen MR) is 70.0 cm³/mol. The molecule has 0 spiro atoms. The van der Waals surface area contributed by atoms with Crippen LogP contribution in [0.5, 0.6) is 0 Å². The van der Waals surface area contributed by atoms with Gasteiger partial charge in [0.15, 0.2) is 0 Å². The van der Waals surface area contributed by atoms with Gasteiger partial charge in [0.05, 0.1) is 6.61 Å². The average Bonchev–Trinajstić information content (AvgIpc) is 2.29. The van der Waals surface area contributed by atoms with E-state index in [0.29, 0.717) is 13.0 Å². The van der Waals surface area contributed by atoms with E-state index in [1.807, 2.05) is 0 Å². The smallest absolute Gasteiger partial charge is 0.305 e. The van der Waals surface area contributed by atoms with Gasteiger partial charge in [-0.1, -0.05) is 43.2 Å². The van der Waals surface area contributed by atoms with Gasteiger partial charge in [0.1, 0.15) is 0 Å². The summed E-state index contributed by atoms with van der Waals surface area (Å²) in [7, 11) is 0. The minimum absolute atomic E-state index is 0.0638. The zero-order valence-corrected chi connectivity index (χ0v) is 10.9. The zero-order valence-electron chi connectivity index (χ0n) is 10.9. The Bertz CT molecular complexity index is 345. The Morgan fingerprint density at radius 2 is 2.12 bits per heavy atom. The number of esters is 1. The van der Waals surface area contributed by atoms with Crippen LogP contribution in [0.3, 0.4) is 0 Å². The van der Waals surface area contributed by atoms with Gasteiger partial charge in [-0.05, 0) is 31.7 Å². The molecule has 0 aliphatic heterocycles. The SMILES string of the molecule is CCCCOC(=O)CCCc1cccc(C)c1. The molecule has 0 N–H and O–H groups in total. The van der Waals surface area contributed by atoms with Gasteiger partial charge in [-0.2, -0.15) is 0 Å². The van der Waals surface area contributed by atoms with Crippen LogP contribution in [0.2, 0.25) is 0 Å². The van der Waals surface area contributed by atoms with Gasteiger partial charge in [-0.3, -0.25) is 4.79 Å². The van der Waals surface area contributed by atoms with Crippen LogP contribution in [-0.4, -0.2) is 12.6 Å². The first-order chi connectivity index (χ1) is 8.22. The number of hydrogen-bond acceptors (Lipinski definition) is 2. The van der Waals surface area contributed by atoms with Crippen molar-refractivity contribution in [2.75, 3.05) is 6.61 Å². The highest BCUT2D eigenvalue weighted by Gasteiger charge is 2.02. The number of aryl methyl sites for hydroxylation is 2. The standard InChI is InChI=1S/C15H22O2/c1-3-4-11-17-15(16)10-6-9-14-8-5-7-13(2)12-14/h5,7-8,12H,3-4,6,9-11H2,1-2H3. The fourth-order valence-corrected chi connectivity index (χ4v) is 1.71. The van der Waals surface area contributed by atoms with E-state index in [1.54, 1.807) is 0 Å². The highest BCUT2D eigenvalue weighted by molar-refractivity contribution is 5.69. The largest absolute Gasteiger partial charge is 0.466 e. The Balaban J connectivity index is 2.17. The minimum Gasteiger partial charge on any atom is -0.466 e. The number of carbonyl (C=O) groups excluding carboxylic acids is 1. The molecule has 0 aliphatic rings. The molecule has 94 valence electrons. The second kappa shape index (κ2) is 7.88. The fraction of sp³-hybridized carbons (Fsp3) is 0.533. The fourth-order valence-electron chi connectivity index (χ4n) is 1.71. The molecule has 0 bridgehead atoms. The van der Waals surface area contributed by atoms with Crippen molar-refractivity contribution >= 4 is 5.97 Å². The third-order valence-electron chi connectivity index (χ3n) is 2.69. The lowest BCUT2D eigenvalue weighted by Crippen LogP contribution is -2.05. The van der Waals surface area contributed by atoms with E-state index in [-0.39, 0.29) is 5.97 Å². The summed E-state index contributed by atoms with van der Waals surface area (Å²) in [5, 5.41) is 0. The lowest BCUT2D eigenvalue weighted by molar-refractivity contribution is -0.143. The number of carbonyl (C=O) groups is 1. The highest BCUT2D eigenvalue weighted by atomic mass is 16.5. The molecule has 0 heterocycles. The molecule has 17 heavy (non-hydrogen) atoms. The van der Waals surface area contributed by atoms with Crippen LogP contribution in [0.1, 0.15) is 43.7 Å². The van der Waals surface area contributed by atoms with Gasteiger partial charge >= 0.3 is 5.97 Å². The van der Waals surface area contributed by atoms with Gasteiger partial charge in [-0.15, -0.1) is 0 Å². The first-order valence-corrected chi connectivity index (χ1v) is 6.43. The molecule has 0 aliphatic carbocycles. The molecule has 2 nitrogen and oxygen atoms in total. The van der Waals surface area contributed by atoms with E-state index in [1.165, 1.54) is 11.1 Å². The molecule has 0 saturated heterocycles. The molecule has 0 aromatic heterocycles. The van der Waals surface area contributed by atoms with E-state index >= 15 is 0 Å². The van der Waals surface area contributed by atoms with Crippen LogP contribution >= 0.6 is 0 Å². The van der Waals surface area contributed by atoms with Crippen molar-refractivity contribution in [2.45, 2.75) is 46.0 Å². The van der Waals surface area contributed by atoms with Crippen LogP contribution < -0.4 is 0 Å². The van der Waals surface area contributed by atoms with Gasteiger partial charge in [-0.25, -0.2) is 0 Å². The second-order valence-corrected chi connectivity index (χ2v) is 4.42. The zero-order chi connectivity index (χ0) is 12.5. The van der Waals surface area contributed by atoms with Crippen molar-refractivity contribution in [3.63, 3.8) is 0 Å². The van der Waals surface area contributed by atoms with E-state index in [4.69, 9.17) is 4.74 Å². The molecule has 1 rings (SSSR count). The molecule has 0 unspecified atom stereocenters.